The highest BCUT2D eigenvalue weighted by Crippen LogP contribution is 2.29. The van der Waals surface area contributed by atoms with Gasteiger partial charge in [0.05, 0.1) is 24.6 Å². The zero-order chi connectivity index (χ0) is 20.1. The number of ether oxygens (including phenoxy) is 2. The summed E-state index contributed by atoms with van der Waals surface area (Å²) in [5.74, 6) is 0.200. The lowest BCUT2D eigenvalue weighted by molar-refractivity contribution is -0.0169. The van der Waals surface area contributed by atoms with Gasteiger partial charge in [-0.05, 0) is 18.2 Å². The van der Waals surface area contributed by atoms with E-state index in [2.05, 4.69) is 20.6 Å². The lowest BCUT2D eigenvalue weighted by Crippen LogP contribution is -2.33. The molecule has 0 saturated heterocycles. The molecule has 0 spiro atoms. The first-order valence-electron chi connectivity index (χ1n) is 8.22. The molecule has 10 nitrogen and oxygen atoms in total. The van der Waals surface area contributed by atoms with Crippen LogP contribution in [-0.2, 0) is 0 Å². The first-order valence-corrected chi connectivity index (χ1v) is 8.60. The highest BCUT2D eigenvalue weighted by atomic mass is 35.5. The number of aliphatic hydroxyl groups excluding tert-OH is 2. The number of nitrogens with one attached hydrogen (secondary N) is 2. The van der Waals surface area contributed by atoms with Crippen LogP contribution in [0.15, 0.2) is 24.4 Å². The fourth-order valence-electron chi connectivity index (χ4n) is 2.36. The first-order chi connectivity index (χ1) is 13.5. The molecule has 2 aromatic rings. The van der Waals surface area contributed by atoms with E-state index in [9.17, 15) is 15.0 Å². The van der Waals surface area contributed by atoms with Gasteiger partial charge in [0, 0.05) is 11.4 Å². The predicted molar refractivity (Wildman–Crippen MR) is 98.5 cm³/mol. The number of halogens is 1. The second kappa shape index (κ2) is 8.71. The van der Waals surface area contributed by atoms with Crippen molar-refractivity contribution in [1.29, 1.82) is 5.26 Å². The number of hydrogen-bond donors (Lipinski definition) is 4. The van der Waals surface area contributed by atoms with Gasteiger partial charge in [0.1, 0.15) is 24.5 Å². The number of hydrogen-bond acceptors (Lipinski definition) is 8. The maximum atomic E-state index is 12.3. The van der Waals surface area contributed by atoms with E-state index in [1.54, 1.807) is 6.07 Å². The van der Waals surface area contributed by atoms with Crippen LogP contribution in [0, 0.1) is 11.3 Å². The van der Waals surface area contributed by atoms with Gasteiger partial charge in [0.15, 0.2) is 5.82 Å². The van der Waals surface area contributed by atoms with Gasteiger partial charge in [0.2, 0.25) is 5.69 Å². The Morgan fingerprint density at radius 1 is 1.25 bits per heavy atom. The molecule has 0 aliphatic carbocycles. The smallest absolute Gasteiger partial charge is 0.325 e. The molecule has 1 aromatic carbocycles. The number of carbonyl (C=O) groups is 1. The Balaban J connectivity index is 1.92. The summed E-state index contributed by atoms with van der Waals surface area (Å²) in [5, 5.41) is 34.6. The van der Waals surface area contributed by atoms with E-state index in [1.807, 2.05) is 6.07 Å². The molecular weight excluding hydrogens is 390 g/mol. The molecule has 0 radical (unpaired) electrons. The number of carbonyl (C=O) groups excluding carboxylic acids is 1. The minimum Gasteiger partial charge on any atom is -0.489 e. The average molecular weight is 406 g/mol. The Kier molecular flexibility index (Phi) is 6.10. The highest BCUT2D eigenvalue weighted by Gasteiger charge is 2.20. The Hall–Kier alpha value is -3.13. The van der Waals surface area contributed by atoms with Crippen LogP contribution in [0.1, 0.15) is 12.1 Å². The van der Waals surface area contributed by atoms with Crippen molar-refractivity contribution in [1.82, 2.24) is 9.97 Å². The van der Waals surface area contributed by atoms with Crippen LogP contribution in [0.3, 0.4) is 0 Å². The number of nitrogens with zero attached hydrogens (tertiary/aromatic N) is 3. The highest BCUT2D eigenvalue weighted by molar-refractivity contribution is 6.31. The molecule has 2 unspecified atom stereocenters. The average Bonchev–Trinajstić information content (AvgIpc) is 2.66. The van der Waals surface area contributed by atoms with Crippen molar-refractivity contribution < 1.29 is 24.5 Å². The molecule has 4 N–H and O–H groups in total. The monoisotopic (exact) mass is 405 g/mol. The lowest BCUT2D eigenvalue weighted by atomic mass is 10.1. The van der Waals surface area contributed by atoms with Gasteiger partial charge in [0.25, 0.3) is 5.88 Å². The summed E-state index contributed by atoms with van der Waals surface area (Å²) >= 11 is 5.97. The van der Waals surface area contributed by atoms with E-state index in [0.29, 0.717) is 5.02 Å². The van der Waals surface area contributed by atoms with Crippen LogP contribution in [0.4, 0.5) is 16.3 Å². The molecular formula is C17H16ClN5O5. The van der Waals surface area contributed by atoms with Gasteiger partial charge in [-0.1, -0.05) is 11.6 Å². The van der Waals surface area contributed by atoms with E-state index in [1.165, 1.54) is 18.3 Å². The first kappa shape index (κ1) is 19.6. The summed E-state index contributed by atoms with van der Waals surface area (Å²) in [7, 11) is 0. The van der Waals surface area contributed by atoms with Crippen molar-refractivity contribution in [2.75, 3.05) is 23.8 Å². The van der Waals surface area contributed by atoms with Crippen molar-refractivity contribution in [3.05, 3.63) is 35.1 Å². The third-order valence-corrected chi connectivity index (χ3v) is 4.02. The van der Waals surface area contributed by atoms with Crippen molar-refractivity contribution >= 4 is 29.1 Å². The third kappa shape index (κ3) is 4.77. The largest absolute Gasteiger partial charge is 0.489 e. The number of fused-ring (bicyclic) bond motifs is 3. The van der Waals surface area contributed by atoms with Crippen LogP contribution in [0.2, 0.25) is 5.02 Å². The van der Waals surface area contributed by atoms with Crippen LogP contribution >= 0.6 is 11.6 Å². The second-order valence-electron chi connectivity index (χ2n) is 5.82. The minimum atomic E-state index is -1.21. The number of nitriles is 1. The number of urea groups is 1. The summed E-state index contributed by atoms with van der Waals surface area (Å²) in [4.78, 5) is 20.2. The Morgan fingerprint density at radius 2 is 2.07 bits per heavy atom. The lowest BCUT2D eigenvalue weighted by Gasteiger charge is -2.19. The van der Waals surface area contributed by atoms with Crippen LogP contribution in [-0.4, -0.2) is 51.6 Å². The van der Waals surface area contributed by atoms with E-state index in [4.69, 9.17) is 26.3 Å². The summed E-state index contributed by atoms with van der Waals surface area (Å²) in [6, 6.07) is 5.72. The van der Waals surface area contributed by atoms with Gasteiger partial charge in [-0.15, -0.1) is 0 Å². The van der Waals surface area contributed by atoms with Gasteiger partial charge in [-0.2, -0.15) is 10.2 Å². The van der Waals surface area contributed by atoms with Crippen molar-refractivity contribution in [3.8, 4) is 17.7 Å². The summed E-state index contributed by atoms with van der Waals surface area (Å²) < 4.78 is 10.9. The van der Waals surface area contributed by atoms with Gasteiger partial charge in [-0.3, -0.25) is 5.32 Å². The van der Waals surface area contributed by atoms with Gasteiger partial charge < -0.3 is 25.0 Å². The summed E-state index contributed by atoms with van der Waals surface area (Å²) in [6.45, 7) is -0.264. The van der Waals surface area contributed by atoms with Crippen LogP contribution in [0.5, 0.6) is 11.6 Å². The number of rotatable bonds is 0. The zero-order valence-corrected chi connectivity index (χ0v) is 15.2. The molecule has 11 heteroatoms. The maximum Gasteiger partial charge on any atom is 0.325 e. The van der Waals surface area contributed by atoms with Crippen molar-refractivity contribution in [3.63, 3.8) is 0 Å². The van der Waals surface area contributed by atoms with E-state index >= 15 is 0 Å². The molecule has 2 atom stereocenters. The normalized spacial score (nSPS) is 20.0. The zero-order valence-electron chi connectivity index (χ0n) is 14.4. The molecule has 1 aromatic heterocycles. The van der Waals surface area contributed by atoms with Gasteiger partial charge in [-0.25, -0.2) is 9.78 Å². The Labute approximate surface area is 164 Å². The summed E-state index contributed by atoms with van der Waals surface area (Å²) in [5.41, 5.74) is 0.172. The van der Waals surface area contributed by atoms with E-state index in [0.717, 1.165) is 0 Å². The summed E-state index contributed by atoms with van der Waals surface area (Å²) in [6.07, 6.45) is -1.09. The molecule has 3 rings (SSSR count). The van der Waals surface area contributed by atoms with E-state index in [-0.39, 0.29) is 48.5 Å². The predicted octanol–water partition coefficient (Wildman–Crippen LogP) is 1.53. The molecule has 28 heavy (non-hydrogen) atoms. The Morgan fingerprint density at radius 3 is 2.86 bits per heavy atom. The Bertz CT molecular complexity index is 919. The third-order valence-electron chi connectivity index (χ3n) is 3.78. The van der Waals surface area contributed by atoms with Crippen molar-refractivity contribution in [2.24, 2.45) is 0 Å². The number of benzene rings is 1. The maximum absolute atomic E-state index is 12.3. The topological polar surface area (TPSA) is 150 Å². The van der Waals surface area contributed by atoms with E-state index < -0.39 is 18.2 Å². The second-order valence-corrected chi connectivity index (χ2v) is 6.26. The van der Waals surface area contributed by atoms with Gasteiger partial charge >= 0.3 is 6.03 Å². The fraction of sp³-hybridized carbons (Fsp3) is 0.294. The fourth-order valence-corrected chi connectivity index (χ4v) is 2.53. The van der Waals surface area contributed by atoms with Crippen LogP contribution < -0.4 is 20.1 Å². The molecule has 2 amide bonds. The molecule has 0 saturated carbocycles. The van der Waals surface area contributed by atoms with Crippen molar-refractivity contribution in [2.45, 2.75) is 18.6 Å². The molecule has 2 heterocycles. The molecule has 146 valence electrons. The quantitative estimate of drug-likeness (QED) is 0.515. The minimum absolute atomic E-state index is 0.0383. The molecule has 0 fully saturated rings. The SMILES string of the molecule is N#Cc1ncc2nc1OCCC(O)C(O)COc1ccc(Cl)cc1NC(=O)N2. The molecule has 2 bridgehead atoms. The number of amides is 2. The number of aliphatic hydroxyl groups is 2. The molecule has 1 aliphatic rings. The number of anilines is 2. The standard InChI is InChI=1S/C17H16ClN5O5/c18-9-1-2-14-10(5-9)21-17(26)23-15-7-20-11(6-19)16(22-15)27-4-3-12(24)13(25)8-28-14/h1-2,5,7,12-13,24-25H,3-4,8H2,(H2,21,22,23,26). The number of aromatic nitrogens is 2. The van der Waals surface area contributed by atoms with Crippen LogP contribution in [0.25, 0.3) is 0 Å². The molecule has 1 aliphatic heterocycles.